The van der Waals surface area contributed by atoms with Crippen LogP contribution in [0.1, 0.15) is 24.0 Å². The third-order valence-corrected chi connectivity index (χ3v) is 3.26. The predicted molar refractivity (Wildman–Crippen MR) is 72.2 cm³/mol. The summed E-state index contributed by atoms with van der Waals surface area (Å²) >= 11 is 0. The summed E-state index contributed by atoms with van der Waals surface area (Å²) in [4.78, 5) is 22.9. The van der Waals surface area contributed by atoms with Crippen molar-refractivity contribution in [2.75, 3.05) is 5.32 Å². The summed E-state index contributed by atoms with van der Waals surface area (Å²) in [5.41, 5.74) is 1.74. The minimum atomic E-state index is -1.02. The van der Waals surface area contributed by atoms with Crippen LogP contribution in [0.2, 0.25) is 0 Å². The minimum Gasteiger partial charge on any atom is -0.480 e. The summed E-state index contributed by atoms with van der Waals surface area (Å²) in [6.07, 6.45) is 1.64. The molecule has 0 radical (unpaired) electrons. The predicted octanol–water partition coefficient (Wildman–Crippen LogP) is 1.85. The number of anilines is 1. The number of rotatable bonds is 4. The Morgan fingerprint density at radius 3 is 2.70 bits per heavy atom. The molecule has 1 aromatic carbocycles. The first-order chi connectivity index (χ1) is 9.51. The highest BCUT2D eigenvalue weighted by Crippen LogP contribution is 2.32. The quantitative estimate of drug-likeness (QED) is 0.779. The number of carbonyl (C=O) groups excluding carboxylic acids is 1. The van der Waals surface area contributed by atoms with E-state index in [1.165, 1.54) is 0 Å². The van der Waals surface area contributed by atoms with Crippen LogP contribution in [0.15, 0.2) is 18.2 Å². The number of hydrogen-bond donors (Lipinski definition) is 3. The van der Waals surface area contributed by atoms with E-state index in [2.05, 4.69) is 10.6 Å². The van der Waals surface area contributed by atoms with Crippen LogP contribution in [0.5, 0.6) is 0 Å². The Hall–Kier alpha value is -2.55. The van der Waals surface area contributed by atoms with Gasteiger partial charge < -0.3 is 15.7 Å². The van der Waals surface area contributed by atoms with Crippen LogP contribution in [0.25, 0.3) is 0 Å². The van der Waals surface area contributed by atoms with Crippen molar-refractivity contribution in [2.45, 2.75) is 25.8 Å². The maximum absolute atomic E-state index is 11.8. The number of urea groups is 1. The van der Waals surface area contributed by atoms with E-state index in [0.29, 0.717) is 11.3 Å². The minimum absolute atomic E-state index is 0.0183. The van der Waals surface area contributed by atoms with Gasteiger partial charge in [0.1, 0.15) is 6.04 Å². The van der Waals surface area contributed by atoms with Crippen molar-refractivity contribution in [3.8, 4) is 6.07 Å². The molecule has 1 fully saturated rings. The Morgan fingerprint density at radius 1 is 1.45 bits per heavy atom. The summed E-state index contributed by atoms with van der Waals surface area (Å²) in [5.74, 6) is -1.00. The van der Waals surface area contributed by atoms with Crippen molar-refractivity contribution in [2.24, 2.45) is 5.92 Å². The second-order valence-electron chi connectivity index (χ2n) is 4.89. The molecule has 0 bridgehead atoms. The van der Waals surface area contributed by atoms with Crippen molar-refractivity contribution in [3.05, 3.63) is 29.3 Å². The van der Waals surface area contributed by atoms with Crippen molar-refractivity contribution < 1.29 is 14.7 Å². The normalized spacial score (nSPS) is 15.0. The summed E-state index contributed by atoms with van der Waals surface area (Å²) < 4.78 is 0. The molecule has 104 valence electrons. The summed E-state index contributed by atoms with van der Waals surface area (Å²) in [5, 5.41) is 22.9. The molecular formula is C14H15N3O3. The van der Waals surface area contributed by atoms with E-state index in [1.807, 2.05) is 6.07 Å². The molecule has 3 N–H and O–H groups in total. The fraction of sp³-hybridized carbons (Fsp3) is 0.357. The fourth-order valence-electron chi connectivity index (χ4n) is 1.94. The monoisotopic (exact) mass is 273 g/mol. The van der Waals surface area contributed by atoms with E-state index in [1.54, 1.807) is 25.1 Å². The van der Waals surface area contributed by atoms with E-state index >= 15 is 0 Å². The first-order valence-electron chi connectivity index (χ1n) is 6.32. The van der Waals surface area contributed by atoms with E-state index in [-0.39, 0.29) is 5.92 Å². The van der Waals surface area contributed by atoms with Gasteiger partial charge in [-0.15, -0.1) is 0 Å². The molecule has 0 saturated heterocycles. The number of benzene rings is 1. The standard InChI is InChI=1S/C14H15N3O3/c1-8-2-3-9(7-15)6-11(8)16-14(20)17-12(13(18)19)10-4-5-10/h2-3,6,10,12H,4-5H2,1H3,(H,18,19)(H2,16,17,20). The molecule has 0 heterocycles. The molecule has 1 saturated carbocycles. The Balaban J connectivity index is 2.04. The Bertz CT molecular complexity index is 588. The molecule has 0 spiro atoms. The van der Waals surface area contributed by atoms with Gasteiger partial charge in [-0.2, -0.15) is 5.26 Å². The van der Waals surface area contributed by atoms with Crippen LogP contribution in [0, 0.1) is 24.2 Å². The molecule has 20 heavy (non-hydrogen) atoms. The summed E-state index contributed by atoms with van der Waals surface area (Å²) in [6.45, 7) is 1.80. The first-order valence-corrected chi connectivity index (χ1v) is 6.32. The molecule has 6 heteroatoms. The first kappa shape index (κ1) is 13.9. The number of nitrogens with zero attached hydrogens (tertiary/aromatic N) is 1. The molecule has 2 rings (SSSR count). The van der Waals surface area contributed by atoms with E-state index in [0.717, 1.165) is 18.4 Å². The topological polar surface area (TPSA) is 102 Å². The van der Waals surface area contributed by atoms with Crippen LogP contribution in [-0.2, 0) is 4.79 Å². The lowest BCUT2D eigenvalue weighted by Gasteiger charge is -2.15. The van der Waals surface area contributed by atoms with Gasteiger partial charge in [-0.25, -0.2) is 9.59 Å². The molecule has 1 atom stereocenters. The number of carboxylic acids is 1. The Kier molecular flexibility index (Phi) is 3.89. The molecule has 1 aliphatic carbocycles. The van der Waals surface area contributed by atoms with Gasteiger partial charge in [-0.1, -0.05) is 6.07 Å². The molecule has 6 nitrogen and oxygen atoms in total. The van der Waals surface area contributed by atoms with Gasteiger partial charge in [0.15, 0.2) is 0 Å². The molecule has 0 aliphatic heterocycles. The van der Waals surface area contributed by atoms with Gasteiger partial charge in [0.2, 0.25) is 0 Å². The third kappa shape index (κ3) is 3.26. The van der Waals surface area contributed by atoms with E-state index in [4.69, 9.17) is 10.4 Å². The lowest BCUT2D eigenvalue weighted by molar-refractivity contribution is -0.139. The summed E-state index contributed by atoms with van der Waals surface area (Å²) in [6, 6.07) is 5.51. The zero-order chi connectivity index (χ0) is 14.7. The number of nitrogens with one attached hydrogen (secondary N) is 2. The highest BCUT2D eigenvalue weighted by atomic mass is 16.4. The SMILES string of the molecule is Cc1ccc(C#N)cc1NC(=O)NC(C(=O)O)C1CC1. The average molecular weight is 273 g/mol. The highest BCUT2D eigenvalue weighted by molar-refractivity contribution is 5.93. The van der Waals surface area contributed by atoms with Crippen LogP contribution in [-0.4, -0.2) is 23.1 Å². The largest absolute Gasteiger partial charge is 0.480 e. The van der Waals surface area contributed by atoms with Gasteiger partial charge >= 0.3 is 12.0 Å². The Morgan fingerprint density at radius 2 is 2.15 bits per heavy atom. The number of aryl methyl sites for hydroxylation is 1. The maximum atomic E-state index is 11.8. The molecule has 2 amide bonds. The molecule has 1 aliphatic rings. The van der Waals surface area contributed by atoms with Gasteiger partial charge in [0.25, 0.3) is 0 Å². The maximum Gasteiger partial charge on any atom is 0.326 e. The number of aliphatic carboxylic acids is 1. The lowest BCUT2D eigenvalue weighted by atomic mass is 10.1. The Labute approximate surface area is 116 Å². The third-order valence-electron chi connectivity index (χ3n) is 3.26. The van der Waals surface area contributed by atoms with E-state index < -0.39 is 18.0 Å². The number of nitriles is 1. The van der Waals surface area contributed by atoms with Crippen molar-refractivity contribution in [1.82, 2.24) is 5.32 Å². The van der Waals surface area contributed by atoms with Crippen LogP contribution in [0.3, 0.4) is 0 Å². The fourth-order valence-corrected chi connectivity index (χ4v) is 1.94. The zero-order valence-corrected chi connectivity index (χ0v) is 11.0. The number of carbonyl (C=O) groups is 2. The highest BCUT2D eigenvalue weighted by Gasteiger charge is 2.37. The number of carboxylic acid groups (broad SMARTS) is 1. The van der Waals surface area contributed by atoms with Gasteiger partial charge in [-0.05, 0) is 43.4 Å². The van der Waals surface area contributed by atoms with Crippen LogP contribution >= 0.6 is 0 Å². The van der Waals surface area contributed by atoms with Crippen molar-refractivity contribution in [1.29, 1.82) is 5.26 Å². The van der Waals surface area contributed by atoms with Crippen LogP contribution < -0.4 is 10.6 Å². The van der Waals surface area contributed by atoms with Crippen molar-refractivity contribution in [3.63, 3.8) is 0 Å². The molecular weight excluding hydrogens is 258 g/mol. The average Bonchev–Trinajstić information content (AvgIpc) is 3.22. The molecule has 1 aromatic rings. The van der Waals surface area contributed by atoms with E-state index in [9.17, 15) is 9.59 Å². The number of hydrogen-bond acceptors (Lipinski definition) is 3. The van der Waals surface area contributed by atoms with Gasteiger partial charge in [-0.3, -0.25) is 0 Å². The second-order valence-corrected chi connectivity index (χ2v) is 4.89. The number of amides is 2. The smallest absolute Gasteiger partial charge is 0.326 e. The second kappa shape index (κ2) is 5.61. The zero-order valence-electron chi connectivity index (χ0n) is 11.0. The van der Waals surface area contributed by atoms with Gasteiger partial charge in [0, 0.05) is 5.69 Å². The van der Waals surface area contributed by atoms with Crippen LogP contribution in [0.4, 0.5) is 10.5 Å². The summed E-state index contributed by atoms with van der Waals surface area (Å²) in [7, 11) is 0. The molecule has 0 aromatic heterocycles. The van der Waals surface area contributed by atoms with Gasteiger partial charge in [0.05, 0.1) is 11.6 Å². The van der Waals surface area contributed by atoms with Crippen molar-refractivity contribution >= 4 is 17.7 Å². The lowest BCUT2D eigenvalue weighted by Crippen LogP contribution is -2.44. The molecule has 1 unspecified atom stereocenters.